The molecule has 0 spiro atoms. The lowest BCUT2D eigenvalue weighted by Crippen LogP contribution is -2.54. The van der Waals surface area contributed by atoms with E-state index in [4.69, 9.17) is 21.1 Å². The molecule has 0 saturated carbocycles. The maximum absolute atomic E-state index is 12.8. The molecule has 1 heterocycles. The molecular formula is C21H23ClN2O4. The van der Waals surface area contributed by atoms with Crippen molar-refractivity contribution in [2.24, 2.45) is 0 Å². The topological polar surface area (TPSA) is 67.9 Å². The van der Waals surface area contributed by atoms with Crippen LogP contribution in [0.4, 0.5) is 11.4 Å². The Kier molecular flexibility index (Phi) is 6.09. The summed E-state index contributed by atoms with van der Waals surface area (Å²) in [6, 6.07) is 14.6. The van der Waals surface area contributed by atoms with E-state index in [9.17, 15) is 9.59 Å². The van der Waals surface area contributed by atoms with E-state index >= 15 is 0 Å². The molecule has 0 radical (unpaired) electrons. The van der Waals surface area contributed by atoms with Gasteiger partial charge in [0, 0.05) is 6.54 Å². The number of anilines is 2. The lowest BCUT2D eigenvalue weighted by Gasteiger charge is -2.39. The summed E-state index contributed by atoms with van der Waals surface area (Å²) in [5.74, 6) is -0.0572. The first-order chi connectivity index (χ1) is 13.4. The minimum absolute atomic E-state index is 0.0143. The summed E-state index contributed by atoms with van der Waals surface area (Å²) in [5, 5.41) is 3.70. The molecule has 28 heavy (non-hydrogen) atoms. The van der Waals surface area contributed by atoms with E-state index in [-0.39, 0.29) is 19.1 Å². The molecule has 2 aromatic carbocycles. The van der Waals surface area contributed by atoms with Gasteiger partial charge in [0.05, 0.1) is 23.0 Å². The Morgan fingerprint density at radius 3 is 2.64 bits per heavy atom. The molecule has 0 aliphatic carbocycles. The SMILES string of the molecule is CC1(C)Nc2ccccc2N(CCCOC(=O)COc2ccccc2Cl)C1=O. The van der Waals surface area contributed by atoms with Crippen LogP contribution in [0.1, 0.15) is 20.3 Å². The van der Waals surface area contributed by atoms with Crippen molar-refractivity contribution < 1.29 is 19.1 Å². The van der Waals surface area contributed by atoms with E-state index in [1.807, 2.05) is 38.1 Å². The largest absolute Gasteiger partial charge is 0.480 e. The number of rotatable bonds is 7. The van der Waals surface area contributed by atoms with Crippen LogP contribution in [-0.2, 0) is 14.3 Å². The van der Waals surface area contributed by atoms with E-state index in [0.29, 0.717) is 23.7 Å². The van der Waals surface area contributed by atoms with Crippen LogP contribution in [0.15, 0.2) is 48.5 Å². The minimum Gasteiger partial charge on any atom is -0.480 e. The van der Waals surface area contributed by atoms with Crippen LogP contribution >= 0.6 is 11.6 Å². The number of hydrogen-bond donors (Lipinski definition) is 1. The number of carbonyl (C=O) groups is 2. The van der Waals surface area contributed by atoms with E-state index in [1.165, 1.54) is 0 Å². The van der Waals surface area contributed by atoms with Gasteiger partial charge in [-0.25, -0.2) is 4.79 Å². The maximum Gasteiger partial charge on any atom is 0.344 e. The van der Waals surface area contributed by atoms with Crippen LogP contribution in [0.3, 0.4) is 0 Å². The summed E-state index contributed by atoms with van der Waals surface area (Å²) in [7, 11) is 0. The number of hydrogen-bond acceptors (Lipinski definition) is 5. The Labute approximate surface area is 169 Å². The molecule has 3 rings (SSSR count). The summed E-state index contributed by atoms with van der Waals surface area (Å²) >= 11 is 5.98. The van der Waals surface area contributed by atoms with Gasteiger partial charge in [0.25, 0.3) is 5.91 Å². The highest BCUT2D eigenvalue weighted by molar-refractivity contribution is 6.32. The molecule has 148 valence electrons. The number of esters is 1. The fourth-order valence-corrected chi connectivity index (χ4v) is 3.21. The number of para-hydroxylation sites is 3. The van der Waals surface area contributed by atoms with Gasteiger partial charge in [0.2, 0.25) is 0 Å². The number of fused-ring (bicyclic) bond motifs is 1. The lowest BCUT2D eigenvalue weighted by molar-refractivity contribution is -0.146. The zero-order valence-corrected chi connectivity index (χ0v) is 16.7. The molecule has 1 N–H and O–H groups in total. The molecule has 0 atom stereocenters. The van der Waals surface area contributed by atoms with Crippen molar-refractivity contribution in [3.8, 4) is 5.75 Å². The average Bonchev–Trinajstić information content (AvgIpc) is 2.67. The Hall–Kier alpha value is -2.73. The lowest BCUT2D eigenvalue weighted by atomic mass is 9.98. The third-order valence-electron chi connectivity index (χ3n) is 4.39. The Bertz CT molecular complexity index is 869. The Morgan fingerprint density at radius 2 is 1.86 bits per heavy atom. The second-order valence-corrected chi connectivity index (χ2v) is 7.42. The predicted octanol–water partition coefficient (Wildman–Crippen LogP) is 3.89. The number of benzene rings is 2. The highest BCUT2D eigenvalue weighted by Crippen LogP contribution is 2.35. The zero-order valence-electron chi connectivity index (χ0n) is 15.9. The first-order valence-corrected chi connectivity index (χ1v) is 9.48. The fourth-order valence-electron chi connectivity index (χ4n) is 3.02. The van der Waals surface area contributed by atoms with Gasteiger partial charge in [0.15, 0.2) is 6.61 Å². The second kappa shape index (κ2) is 8.52. The Balaban J connectivity index is 1.49. The third-order valence-corrected chi connectivity index (χ3v) is 4.71. The van der Waals surface area contributed by atoms with Crippen molar-refractivity contribution in [1.82, 2.24) is 0 Å². The maximum atomic E-state index is 12.8. The molecule has 0 aromatic heterocycles. The molecule has 1 aliphatic rings. The number of nitrogens with zero attached hydrogens (tertiary/aromatic N) is 1. The number of ether oxygens (including phenoxy) is 2. The van der Waals surface area contributed by atoms with Crippen molar-refractivity contribution in [3.63, 3.8) is 0 Å². The second-order valence-electron chi connectivity index (χ2n) is 7.02. The van der Waals surface area contributed by atoms with Crippen LogP contribution in [0.2, 0.25) is 5.02 Å². The predicted molar refractivity (Wildman–Crippen MR) is 109 cm³/mol. The first-order valence-electron chi connectivity index (χ1n) is 9.10. The van der Waals surface area contributed by atoms with Crippen LogP contribution in [0.5, 0.6) is 5.75 Å². The van der Waals surface area contributed by atoms with Gasteiger partial charge in [-0.05, 0) is 44.5 Å². The molecule has 7 heteroatoms. The molecule has 0 saturated heterocycles. The summed E-state index contributed by atoms with van der Waals surface area (Å²) in [6.45, 7) is 4.14. The van der Waals surface area contributed by atoms with Crippen molar-refractivity contribution >= 4 is 34.9 Å². The molecule has 2 aromatic rings. The standard InChI is InChI=1S/C21H23ClN2O4/c1-21(2)20(26)24(17-10-5-4-9-16(17)23-21)12-7-13-27-19(25)14-28-18-11-6-3-8-15(18)22/h3-6,8-11,23H,7,12-14H2,1-2H3. The van der Waals surface area contributed by atoms with Gasteiger partial charge in [0.1, 0.15) is 11.3 Å². The zero-order chi connectivity index (χ0) is 20.1. The smallest absolute Gasteiger partial charge is 0.344 e. The number of nitrogens with one attached hydrogen (secondary N) is 1. The van der Waals surface area contributed by atoms with Gasteiger partial charge in [-0.1, -0.05) is 35.9 Å². The van der Waals surface area contributed by atoms with E-state index in [2.05, 4.69) is 5.32 Å². The van der Waals surface area contributed by atoms with Gasteiger partial charge >= 0.3 is 5.97 Å². The van der Waals surface area contributed by atoms with Crippen molar-refractivity contribution in [3.05, 3.63) is 53.6 Å². The molecular weight excluding hydrogens is 380 g/mol. The summed E-state index contributed by atoms with van der Waals surface area (Å²) < 4.78 is 10.6. The van der Waals surface area contributed by atoms with Gasteiger partial charge in [-0.2, -0.15) is 0 Å². The van der Waals surface area contributed by atoms with Gasteiger partial charge in [-0.3, -0.25) is 4.79 Å². The van der Waals surface area contributed by atoms with Crippen molar-refractivity contribution in [2.45, 2.75) is 25.8 Å². The number of carbonyl (C=O) groups excluding carboxylic acids is 2. The van der Waals surface area contributed by atoms with Gasteiger partial charge in [-0.15, -0.1) is 0 Å². The van der Waals surface area contributed by atoms with Crippen LogP contribution in [0, 0.1) is 0 Å². The number of halogens is 1. The van der Waals surface area contributed by atoms with Crippen LogP contribution < -0.4 is 15.0 Å². The molecule has 1 aliphatic heterocycles. The summed E-state index contributed by atoms with van der Waals surface area (Å²) in [5.41, 5.74) is 1.06. The normalized spacial score (nSPS) is 14.8. The average molecular weight is 403 g/mol. The van der Waals surface area contributed by atoms with E-state index in [0.717, 1.165) is 11.4 Å². The molecule has 1 amide bonds. The summed E-state index contributed by atoms with van der Waals surface area (Å²) in [4.78, 5) is 26.4. The van der Waals surface area contributed by atoms with E-state index in [1.54, 1.807) is 29.2 Å². The molecule has 0 fully saturated rings. The monoisotopic (exact) mass is 402 g/mol. The van der Waals surface area contributed by atoms with Gasteiger partial charge < -0.3 is 19.7 Å². The quantitative estimate of drug-likeness (QED) is 0.562. The third kappa shape index (κ3) is 4.57. The minimum atomic E-state index is -0.687. The number of amides is 1. The fraction of sp³-hybridized carbons (Fsp3) is 0.333. The van der Waals surface area contributed by atoms with Crippen LogP contribution in [0.25, 0.3) is 0 Å². The molecule has 0 unspecified atom stereocenters. The van der Waals surface area contributed by atoms with Crippen LogP contribution in [-0.4, -0.2) is 37.2 Å². The van der Waals surface area contributed by atoms with E-state index < -0.39 is 11.5 Å². The highest BCUT2D eigenvalue weighted by Gasteiger charge is 2.38. The first kappa shape index (κ1) is 20.0. The molecule has 0 bridgehead atoms. The Morgan fingerprint density at radius 1 is 1.14 bits per heavy atom. The highest BCUT2D eigenvalue weighted by atomic mass is 35.5. The van der Waals surface area contributed by atoms with Crippen molar-refractivity contribution in [2.75, 3.05) is 30.0 Å². The summed E-state index contributed by atoms with van der Waals surface area (Å²) in [6.07, 6.45) is 0.522. The molecule has 6 nitrogen and oxygen atoms in total. The van der Waals surface area contributed by atoms with Crippen molar-refractivity contribution in [1.29, 1.82) is 0 Å².